The van der Waals surface area contributed by atoms with Crippen molar-refractivity contribution < 1.29 is 9.59 Å². The van der Waals surface area contributed by atoms with Crippen molar-refractivity contribution >= 4 is 28.7 Å². The van der Waals surface area contributed by atoms with Crippen molar-refractivity contribution in [3.63, 3.8) is 0 Å². The zero-order chi connectivity index (χ0) is 21.8. The largest absolute Gasteiger partial charge is 0.344 e. The fraction of sp³-hybridized carbons (Fsp3) is 0.250. The Labute approximate surface area is 171 Å². The maximum atomic E-state index is 12.4. The van der Waals surface area contributed by atoms with Crippen molar-refractivity contribution in [2.24, 2.45) is 14.1 Å². The fourth-order valence-corrected chi connectivity index (χ4v) is 2.86. The van der Waals surface area contributed by atoms with Gasteiger partial charge in [0.05, 0.1) is 12.9 Å². The van der Waals surface area contributed by atoms with E-state index in [0.29, 0.717) is 5.69 Å². The number of hydrogen-bond acceptors (Lipinski definition) is 5. The number of benzene rings is 1. The summed E-state index contributed by atoms with van der Waals surface area (Å²) in [5, 5.41) is 5.33. The summed E-state index contributed by atoms with van der Waals surface area (Å²) < 4.78 is 3.63. The van der Waals surface area contributed by atoms with Gasteiger partial charge in [-0.2, -0.15) is 0 Å². The van der Waals surface area contributed by atoms with E-state index < -0.39 is 11.2 Å². The number of rotatable bonds is 4. The molecule has 2 heterocycles. The molecule has 2 N–H and O–H groups in total. The monoisotopic (exact) mass is 408 g/mol. The van der Waals surface area contributed by atoms with E-state index >= 15 is 0 Å². The molecule has 2 amide bonds. The number of imidazole rings is 1. The van der Waals surface area contributed by atoms with E-state index in [1.807, 2.05) is 0 Å². The predicted molar refractivity (Wildman–Crippen MR) is 111 cm³/mol. The van der Waals surface area contributed by atoms with E-state index in [2.05, 4.69) is 27.5 Å². The highest BCUT2D eigenvalue weighted by Gasteiger charge is 2.15. The highest BCUT2D eigenvalue weighted by atomic mass is 16.2. The van der Waals surface area contributed by atoms with Crippen LogP contribution in [0.4, 0.5) is 5.69 Å². The van der Waals surface area contributed by atoms with Crippen LogP contribution >= 0.6 is 0 Å². The first-order valence-corrected chi connectivity index (χ1v) is 9.02. The molecule has 0 radical (unpaired) electrons. The van der Waals surface area contributed by atoms with E-state index in [1.165, 1.54) is 36.5 Å². The number of carbonyl (C=O) groups excluding carboxylic acids is 2. The third-order valence-corrected chi connectivity index (χ3v) is 4.34. The molecule has 0 spiro atoms. The van der Waals surface area contributed by atoms with Gasteiger partial charge in [-0.1, -0.05) is 11.8 Å². The first-order valence-electron chi connectivity index (χ1n) is 9.02. The van der Waals surface area contributed by atoms with E-state index in [4.69, 9.17) is 0 Å². The lowest BCUT2D eigenvalue weighted by Gasteiger charge is -2.06. The molecule has 10 heteroatoms. The standard InChI is InChI=1S/C20H20N6O4/c1-13(27)23-15-8-6-14(7-9-15)5-4-10-21-16(28)11-26-12-22-18-17(26)19(29)25(3)20(30)24(18)2/h6-9,12H,10-11H2,1-3H3,(H,21,28)(H,23,27). The Morgan fingerprint density at radius 2 is 1.80 bits per heavy atom. The number of nitrogens with one attached hydrogen (secondary N) is 2. The number of aryl methyl sites for hydroxylation is 1. The molecule has 0 saturated heterocycles. The highest BCUT2D eigenvalue weighted by molar-refractivity contribution is 5.88. The Morgan fingerprint density at radius 3 is 2.47 bits per heavy atom. The third-order valence-electron chi connectivity index (χ3n) is 4.34. The maximum Gasteiger partial charge on any atom is 0.332 e. The second-order valence-corrected chi connectivity index (χ2v) is 6.59. The zero-order valence-corrected chi connectivity index (χ0v) is 16.7. The first kappa shape index (κ1) is 20.6. The van der Waals surface area contributed by atoms with E-state index in [1.54, 1.807) is 24.3 Å². The second-order valence-electron chi connectivity index (χ2n) is 6.59. The van der Waals surface area contributed by atoms with Crippen molar-refractivity contribution in [3.05, 3.63) is 57.0 Å². The molecule has 2 aromatic heterocycles. The van der Waals surface area contributed by atoms with Crippen LogP contribution in [0.25, 0.3) is 11.2 Å². The summed E-state index contributed by atoms with van der Waals surface area (Å²) in [7, 11) is 2.89. The zero-order valence-electron chi connectivity index (χ0n) is 16.7. The smallest absolute Gasteiger partial charge is 0.332 e. The van der Waals surface area contributed by atoms with Crippen molar-refractivity contribution in [3.8, 4) is 11.8 Å². The summed E-state index contributed by atoms with van der Waals surface area (Å²) in [5.74, 6) is 5.26. The fourth-order valence-electron chi connectivity index (χ4n) is 2.86. The van der Waals surface area contributed by atoms with Gasteiger partial charge in [0, 0.05) is 32.3 Å². The summed E-state index contributed by atoms with van der Waals surface area (Å²) >= 11 is 0. The molecule has 0 aliphatic rings. The minimum Gasteiger partial charge on any atom is -0.344 e. The number of hydrogen-bond donors (Lipinski definition) is 2. The Morgan fingerprint density at radius 1 is 1.10 bits per heavy atom. The topological polar surface area (TPSA) is 120 Å². The van der Waals surface area contributed by atoms with Crippen molar-refractivity contribution in [1.82, 2.24) is 24.0 Å². The summed E-state index contributed by atoms with van der Waals surface area (Å²) in [6.07, 6.45) is 1.35. The first-order chi connectivity index (χ1) is 14.3. The number of amides is 2. The molecule has 154 valence electrons. The lowest BCUT2D eigenvalue weighted by Crippen LogP contribution is -2.38. The minimum atomic E-state index is -0.513. The van der Waals surface area contributed by atoms with Crippen LogP contribution in [0.2, 0.25) is 0 Å². The minimum absolute atomic E-state index is 0.120. The molecule has 0 saturated carbocycles. The molecule has 30 heavy (non-hydrogen) atoms. The molecule has 3 rings (SSSR count). The molecule has 0 unspecified atom stereocenters. The SMILES string of the molecule is CC(=O)Nc1ccc(C#CCNC(=O)Cn2cnc3c2c(=O)n(C)c(=O)n3C)cc1. The van der Waals surface area contributed by atoms with E-state index in [-0.39, 0.29) is 36.1 Å². The normalized spacial score (nSPS) is 10.4. The third kappa shape index (κ3) is 4.30. The highest BCUT2D eigenvalue weighted by Crippen LogP contribution is 2.08. The Bertz CT molecular complexity index is 1300. The lowest BCUT2D eigenvalue weighted by atomic mass is 10.2. The summed E-state index contributed by atoms with van der Waals surface area (Å²) in [5.41, 5.74) is 0.822. The Kier molecular flexibility index (Phi) is 5.83. The van der Waals surface area contributed by atoms with Gasteiger partial charge >= 0.3 is 5.69 Å². The quantitative estimate of drug-likeness (QED) is 0.567. The van der Waals surface area contributed by atoms with Crippen LogP contribution in [-0.4, -0.2) is 37.0 Å². The van der Waals surface area contributed by atoms with Gasteiger partial charge in [0.2, 0.25) is 11.8 Å². The Hall–Kier alpha value is -4.13. The molecule has 1 aromatic carbocycles. The van der Waals surface area contributed by atoms with Crippen molar-refractivity contribution in [1.29, 1.82) is 0 Å². The average molecular weight is 408 g/mol. The van der Waals surface area contributed by atoms with Crippen LogP contribution in [-0.2, 0) is 30.2 Å². The number of fused-ring (bicyclic) bond motifs is 1. The number of nitrogens with zero attached hydrogens (tertiary/aromatic N) is 4. The van der Waals surface area contributed by atoms with Gasteiger partial charge < -0.3 is 15.2 Å². The van der Waals surface area contributed by atoms with Gasteiger partial charge in [-0.05, 0) is 24.3 Å². The molecule has 0 bridgehead atoms. The second kappa shape index (κ2) is 8.48. The molecular formula is C20H20N6O4. The lowest BCUT2D eigenvalue weighted by molar-refractivity contribution is -0.121. The van der Waals surface area contributed by atoms with Crippen molar-refractivity contribution in [2.45, 2.75) is 13.5 Å². The van der Waals surface area contributed by atoms with Crippen LogP contribution in [0.3, 0.4) is 0 Å². The number of anilines is 1. The van der Waals surface area contributed by atoms with Crippen LogP contribution in [0, 0.1) is 11.8 Å². The predicted octanol–water partition coefficient (Wildman–Crippen LogP) is -0.440. The van der Waals surface area contributed by atoms with Gasteiger partial charge in [0.1, 0.15) is 6.54 Å². The average Bonchev–Trinajstić information content (AvgIpc) is 3.12. The molecular weight excluding hydrogens is 388 g/mol. The molecule has 0 aliphatic heterocycles. The number of aromatic nitrogens is 4. The van der Waals surface area contributed by atoms with Gasteiger partial charge in [-0.25, -0.2) is 9.78 Å². The molecule has 0 aliphatic carbocycles. The summed E-state index contributed by atoms with van der Waals surface area (Å²) in [4.78, 5) is 51.6. The van der Waals surface area contributed by atoms with Gasteiger partial charge in [-0.3, -0.25) is 23.5 Å². The molecule has 0 fully saturated rings. The molecule has 3 aromatic rings. The van der Waals surface area contributed by atoms with Crippen LogP contribution < -0.4 is 21.9 Å². The van der Waals surface area contributed by atoms with E-state index in [9.17, 15) is 19.2 Å². The molecule has 10 nitrogen and oxygen atoms in total. The maximum absolute atomic E-state index is 12.4. The van der Waals surface area contributed by atoms with Gasteiger partial charge in [0.25, 0.3) is 5.56 Å². The van der Waals surface area contributed by atoms with Gasteiger partial charge in [0.15, 0.2) is 11.2 Å². The van der Waals surface area contributed by atoms with Crippen LogP contribution in [0.5, 0.6) is 0 Å². The van der Waals surface area contributed by atoms with Crippen LogP contribution in [0.15, 0.2) is 40.2 Å². The Balaban J connectivity index is 1.64. The summed E-state index contributed by atoms with van der Waals surface area (Å²) in [6.45, 7) is 1.42. The number of carbonyl (C=O) groups is 2. The summed E-state index contributed by atoms with van der Waals surface area (Å²) in [6, 6.07) is 7.00. The van der Waals surface area contributed by atoms with E-state index in [0.717, 1.165) is 10.1 Å². The van der Waals surface area contributed by atoms with Crippen molar-refractivity contribution in [2.75, 3.05) is 11.9 Å². The van der Waals surface area contributed by atoms with Gasteiger partial charge in [-0.15, -0.1) is 0 Å². The van der Waals surface area contributed by atoms with Crippen LogP contribution in [0.1, 0.15) is 12.5 Å². The molecule has 0 atom stereocenters.